The molecule has 1 aromatic carbocycles. The van der Waals surface area contributed by atoms with E-state index in [0.29, 0.717) is 36.1 Å². The van der Waals surface area contributed by atoms with Gasteiger partial charge in [0.2, 0.25) is 0 Å². The third-order valence-corrected chi connectivity index (χ3v) is 5.31. The summed E-state index contributed by atoms with van der Waals surface area (Å²) in [6.07, 6.45) is 5.48. The lowest BCUT2D eigenvalue weighted by molar-refractivity contribution is -0.0519. The fraction of sp³-hybridized carbons (Fsp3) is 0.370. The van der Waals surface area contributed by atoms with E-state index in [1.807, 2.05) is 23.1 Å². The maximum Gasteiger partial charge on any atom is 0.387 e. The second-order valence-electron chi connectivity index (χ2n) is 9.61. The molecule has 7 nitrogen and oxygen atoms in total. The lowest BCUT2D eigenvalue weighted by Gasteiger charge is -2.26. The van der Waals surface area contributed by atoms with Gasteiger partial charge in [0.25, 0.3) is 5.88 Å². The fourth-order valence-corrected chi connectivity index (χ4v) is 3.46. The second kappa shape index (κ2) is 10.9. The molecular weight excluding hydrogens is 468 g/mol. The molecule has 1 saturated carbocycles. The van der Waals surface area contributed by atoms with Gasteiger partial charge in [0, 0.05) is 18.1 Å². The number of halogens is 2. The predicted molar refractivity (Wildman–Crippen MR) is 131 cm³/mol. The molecule has 2 aromatic heterocycles. The number of rotatable bonds is 10. The Labute approximate surface area is 209 Å². The summed E-state index contributed by atoms with van der Waals surface area (Å²) in [6.45, 7) is 3.15. The minimum atomic E-state index is -3.00. The zero-order valence-corrected chi connectivity index (χ0v) is 20.5. The lowest BCUT2D eigenvalue weighted by Crippen LogP contribution is -2.24. The molecule has 0 N–H and O–H groups in total. The highest BCUT2D eigenvalue weighted by molar-refractivity contribution is 5.91. The standard InChI is InChI=1S/C27H29F2N3O4/c1-27(2,3)36-25(33)20-7-4-8-21(14-20)32(16-19-6-5-13-30-15-19)23-12-11-22(35-26(28)29)24(31-23)34-17-18-9-10-18/h4-8,11-15,18,26H,9-10,16-17H2,1-3H3. The first kappa shape index (κ1) is 25.3. The SMILES string of the molecule is CC(C)(C)OC(=O)c1cccc(N(Cc2cccnc2)c2ccc(OC(F)F)c(OCC3CC3)n2)c1. The molecule has 1 fully saturated rings. The number of anilines is 2. The van der Waals surface area contributed by atoms with Gasteiger partial charge in [-0.05, 0) is 81.5 Å². The zero-order valence-electron chi connectivity index (χ0n) is 20.5. The highest BCUT2D eigenvalue weighted by Gasteiger charge is 2.25. The van der Waals surface area contributed by atoms with E-state index >= 15 is 0 Å². The summed E-state index contributed by atoms with van der Waals surface area (Å²) in [4.78, 5) is 23.3. The van der Waals surface area contributed by atoms with Crippen molar-refractivity contribution in [1.29, 1.82) is 0 Å². The van der Waals surface area contributed by atoms with Crippen molar-refractivity contribution >= 4 is 17.5 Å². The van der Waals surface area contributed by atoms with Crippen molar-refractivity contribution in [2.45, 2.75) is 52.4 Å². The molecule has 0 saturated heterocycles. The second-order valence-corrected chi connectivity index (χ2v) is 9.61. The van der Waals surface area contributed by atoms with E-state index in [1.54, 1.807) is 57.4 Å². The fourth-order valence-electron chi connectivity index (χ4n) is 3.46. The summed E-state index contributed by atoms with van der Waals surface area (Å²) in [5, 5.41) is 0. The molecule has 9 heteroatoms. The van der Waals surface area contributed by atoms with E-state index in [4.69, 9.17) is 9.47 Å². The van der Waals surface area contributed by atoms with Crippen molar-refractivity contribution in [2.24, 2.45) is 5.92 Å². The Morgan fingerprint density at radius 3 is 2.61 bits per heavy atom. The van der Waals surface area contributed by atoms with Gasteiger partial charge >= 0.3 is 12.6 Å². The Morgan fingerprint density at radius 1 is 1.14 bits per heavy atom. The van der Waals surface area contributed by atoms with E-state index in [0.717, 1.165) is 18.4 Å². The molecule has 0 aliphatic heterocycles. The van der Waals surface area contributed by atoms with Crippen molar-refractivity contribution in [2.75, 3.05) is 11.5 Å². The molecule has 0 radical (unpaired) electrons. The zero-order chi connectivity index (χ0) is 25.7. The Hall–Kier alpha value is -3.75. The Balaban J connectivity index is 1.71. The minimum Gasteiger partial charge on any atom is -0.475 e. The van der Waals surface area contributed by atoms with Crippen LogP contribution in [-0.2, 0) is 11.3 Å². The topological polar surface area (TPSA) is 73.8 Å². The normalized spacial score (nSPS) is 13.4. The minimum absolute atomic E-state index is 0.000756. The van der Waals surface area contributed by atoms with Crippen LogP contribution in [0.3, 0.4) is 0 Å². The van der Waals surface area contributed by atoms with Crippen LogP contribution in [-0.4, -0.2) is 34.8 Å². The number of aromatic nitrogens is 2. The summed E-state index contributed by atoms with van der Waals surface area (Å²) < 4.78 is 41.9. The van der Waals surface area contributed by atoms with Gasteiger partial charge < -0.3 is 19.1 Å². The number of benzene rings is 1. The molecule has 0 spiro atoms. The van der Waals surface area contributed by atoms with Gasteiger partial charge in [0.05, 0.1) is 18.7 Å². The van der Waals surface area contributed by atoms with Crippen LogP contribution >= 0.6 is 0 Å². The molecule has 1 aliphatic rings. The van der Waals surface area contributed by atoms with Gasteiger partial charge in [-0.1, -0.05) is 12.1 Å². The number of nitrogens with zero attached hydrogens (tertiary/aromatic N) is 3. The van der Waals surface area contributed by atoms with Crippen molar-refractivity contribution in [3.63, 3.8) is 0 Å². The summed E-state index contributed by atoms with van der Waals surface area (Å²) >= 11 is 0. The molecule has 1 aliphatic carbocycles. The quantitative estimate of drug-likeness (QED) is 0.311. The van der Waals surface area contributed by atoms with Crippen molar-refractivity contribution < 1.29 is 27.8 Å². The summed E-state index contributed by atoms with van der Waals surface area (Å²) in [5.41, 5.74) is 1.28. The average molecular weight is 498 g/mol. The first-order valence-corrected chi connectivity index (χ1v) is 11.8. The maximum atomic E-state index is 13.0. The number of esters is 1. The Morgan fingerprint density at radius 2 is 1.94 bits per heavy atom. The molecule has 0 atom stereocenters. The first-order valence-electron chi connectivity index (χ1n) is 11.8. The largest absolute Gasteiger partial charge is 0.475 e. The van der Waals surface area contributed by atoms with Crippen LogP contribution in [0.1, 0.15) is 49.5 Å². The van der Waals surface area contributed by atoms with Crippen LogP contribution in [0.2, 0.25) is 0 Å². The number of hydrogen-bond acceptors (Lipinski definition) is 7. The predicted octanol–water partition coefficient (Wildman–Crippen LogP) is 6.16. The first-order chi connectivity index (χ1) is 17.2. The number of alkyl halides is 2. The van der Waals surface area contributed by atoms with Crippen molar-refractivity contribution in [3.8, 4) is 11.6 Å². The van der Waals surface area contributed by atoms with Crippen LogP contribution < -0.4 is 14.4 Å². The van der Waals surface area contributed by atoms with Crippen molar-refractivity contribution in [1.82, 2.24) is 9.97 Å². The summed E-state index contributed by atoms with van der Waals surface area (Å²) in [6, 6.07) is 13.7. The van der Waals surface area contributed by atoms with E-state index in [-0.39, 0.29) is 11.6 Å². The summed E-state index contributed by atoms with van der Waals surface area (Å²) in [7, 11) is 0. The summed E-state index contributed by atoms with van der Waals surface area (Å²) in [5.74, 6) is 0.254. The van der Waals surface area contributed by atoms with Crippen LogP contribution in [0.4, 0.5) is 20.3 Å². The Bertz CT molecular complexity index is 1180. The van der Waals surface area contributed by atoms with E-state index in [1.165, 1.54) is 6.07 Å². The number of hydrogen-bond donors (Lipinski definition) is 0. The Kier molecular flexibility index (Phi) is 7.67. The molecule has 0 amide bonds. The number of carbonyl (C=O) groups is 1. The highest BCUT2D eigenvalue weighted by Crippen LogP contribution is 2.36. The van der Waals surface area contributed by atoms with E-state index in [9.17, 15) is 13.6 Å². The van der Waals surface area contributed by atoms with Gasteiger partial charge in [0.15, 0.2) is 5.75 Å². The van der Waals surface area contributed by atoms with Gasteiger partial charge in [-0.3, -0.25) is 4.98 Å². The molecule has 4 rings (SSSR count). The van der Waals surface area contributed by atoms with Gasteiger partial charge in [-0.15, -0.1) is 0 Å². The maximum absolute atomic E-state index is 13.0. The molecule has 2 heterocycles. The highest BCUT2D eigenvalue weighted by atomic mass is 19.3. The molecule has 3 aromatic rings. The molecular formula is C27H29F2N3O4. The molecule has 190 valence electrons. The van der Waals surface area contributed by atoms with Crippen LogP contribution in [0.25, 0.3) is 0 Å². The van der Waals surface area contributed by atoms with E-state index < -0.39 is 18.2 Å². The average Bonchev–Trinajstić information content (AvgIpc) is 3.66. The van der Waals surface area contributed by atoms with Crippen molar-refractivity contribution in [3.05, 3.63) is 72.1 Å². The van der Waals surface area contributed by atoms with Gasteiger partial charge in [0.1, 0.15) is 11.4 Å². The van der Waals surface area contributed by atoms with Crippen LogP contribution in [0.15, 0.2) is 60.9 Å². The molecule has 0 unspecified atom stereocenters. The molecule has 0 bridgehead atoms. The monoisotopic (exact) mass is 497 g/mol. The van der Waals surface area contributed by atoms with Gasteiger partial charge in [-0.2, -0.15) is 13.8 Å². The van der Waals surface area contributed by atoms with Crippen LogP contribution in [0.5, 0.6) is 11.6 Å². The number of carbonyl (C=O) groups excluding carboxylic acids is 1. The smallest absolute Gasteiger partial charge is 0.387 e. The van der Waals surface area contributed by atoms with Crippen LogP contribution in [0, 0.1) is 5.92 Å². The number of ether oxygens (including phenoxy) is 3. The molecule has 36 heavy (non-hydrogen) atoms. The number of pyridine rings is 2. The van der Waals surface area contributed by atoms with Gasteiger partial charge in [-0.25, -0.2) is 4.79 Å². The van der Waals surface area contributed by atoms with E-state index in [2.05, 4.69) is 14.7 Å². The lowest BCUT2D eigenvalue weighted by atomic mass is 10.1. The third-order valence-electron chi connectivity index (χ3n) is 5.31. The third kappa shape index (κ3) is 7.13.